The highest BCUT2D eigenvalue weighted by molar-refractivity contribution is 8.93. The lowest BCUT2D eigenvalue weighted by Crippen LogP contribution is -1.97. The topological polar surface area (TPSA) is 26.0 Å². The second kappa shape index (κ2) is 22.0. The molecule has 0 unspecified atom stereocenters. The van der Waals surface area contributed by atoms with E-state index in [1.54, 1.807) is 0 Å². The molecule has 0 saturated heterocycles. The maximum Gasteiger partial charge on any atom is -0.00773 e. The smallest absolute Gasteiger partial charge is 0.00773 e. The molecule has 0 aliphatic heterocycles. The van der Waals surface area contributed by atoms with E-state index >= 15 is 0 Å². The van der Waals surface area contributed by atoms with Gasteiger partial charge in [-0.05, 0) is 13.0 Å². The predicted octanol–water partition coefficient (Wildman–Crippen LogP) is 5.65. The van der Waals surface area contributed by atoms with Crippen molar-refractivity contribution in [3.63, 3.8) is 0 Å². The zero-order valence-corrected chi connectivity index (χ0v) is 14.1. The van der Waals surface area contributed by atoms with Crippen LogP contribution in [-0.4, -0.2) is 6.54 Å². The standard InChI is InChI=1S/C14H31N.BrH.ClH/c1-2-3-4-5-6-7-8-9-10-11-12-13-14-15;;/h2-15H2,1H3;2*1H. The summed E-state index contributed by atoms with van der Waals surface area (Å²) in [4.78, 5) is 0. The third-order valence-electron chi connectivity index (χ3n) is 3.06. The van der Waals surface area contributed by atoms with E-state index in [0.29, 0.717) is 0 Å². The van der Waals surface area contributed by atoms with Crippen LogP contribution in [0.5, 0.6) is 0 Å². The maximum absolute atomic E-state index is 5.45. The van der Waals surface area contributed by atoms with Gasteiger partial charge in [-0.1, -0.05) is 77.6 Å². The lowest BCUT2D eigenvalue weighted by Gasteiger charge is -2.01. The first kappa shape index (κ1) is 22.9. The number of hydrogen-bond acceptors (Lipinski definition) is 1. The number of rotatable bonds is 12. The van der Waals surface area contributed by atoms with Gasteiger partial charge in [-0.2, -0.15) is 0 Å². The van der Waals surface area contributed by atoms with E-state index in [9.17, 15) is 0 Å². The fourth-order valence-corrected chi connectivity index (χ4v) is 1.99. The van der Waals surface area contributed by atoms with Gasteiger partial charge in [0.1, 0.15) is 0 Å². The molecule has 0 fully saturated rings. The van der Waals surface area contributed by atoms with Crippen molar-refractivity contribution in [3.8, 4) is 0 Å². The van der Waals surface area contributed by atoms with Gasteiger partial charge in [0.25, 0.3) is 0 Å². The lowest BCUT2D eigenvalue weighted by atomic mass is 10.1. The minimum atomic E-state index is 0. The largest absolute Gasteiger partial charge is 0.330 e. The highest BCUT2D eigenvalue weighted by Gasteiger charge is 1.92. The van der Waals surface area contributed by atoms with Gasteiger partial charge >= 0.3 is 0 Å². The Bertz CT molecular complexity index is 100. The predicted molar refractivity (Wildman–Crippen MR) is 87.7 cm³/mol. The fourth-order valence-electron chi connectivity index (χ4n) is 1.99. The van der Waals surface area contributed by atoms with Crippen molar-refractivity contribution in [1.82, 2.24) is 0 Å². The highest BCUT2D eigenvalue weighted by Crippen LogP contribution is 2.11. The summed E-state index contributed by atoms with van der Waals surface area (Å²) < 4.78 is 0. The van der Waals surface area contributed by atoms with Crippen LogP contribution in [-0.2, 0) is 0 Å². The van der Waals surface area contributed by atoms with Crippen LogP contribution in [0.3, 0.4) is 0 Å². The van der Waals surface area contributed by atoms with Crippen LogP contribution in [0.4, 0.5) is 0 Å². The van der Waals surface area contributed by atoms with Crippen LogP contribution in [0.1, 0.15) is 84.0 Å². The molecule has 0 amide bonds. The van der Waals surface area contributed by atoms with E-state index in [1.165, 1.54) is 77.0 Å². The van der Waals surface area contributed by atoms with Gasteiger partial charge in [0, 0.05) is 0 Å². The first-order valence-electron chi connectivity index (χ1n) is 7.12. The molecule has 0 rings (SSSR count). The van der Waals surface area contributed by atoms with Crippen molar-refractivity contribution in [2.45, 2.75) is 84.0 Å². The normalized spacial score (nSPS) is 9.53. The Morgan fingerprint density at radius 3 is 1.18 bits per heavy atom. The Balaban J connectivity index is -0.000000980. The Kier molecular flexibility index (Phi) is 29.5. The van der Waals surface area contributed by atoms with Crippen LogP contribution in [0.15, 0.2) is 0 Å². The molecule has 0 spiro atoms. The van der Waals surface area contributed by atoms with Crippen LogP contribution in [0.2, 0.25) is 0 Å². The summed E-state index contributed by atoms with van der Waals surface area (Å²) in [5.74, 6) is 0. The van der Waals surface area contributed by atoms with Gasteiger partial charge < -0.3 is 5.73 Å². The van der Waals surface area contributed by atoms with Gasteiger partial charge in [0.05, 0.1) is 0 Å². The average molecular weight is 331 g/mol. The van der Waals surface area contributed by atoms with Crippen molar-refractivity contribution >= 4 is 29.4 Å². The maximum atomic E-state index is 5.45. The number of unbranched alkanes of at least 4 members (excludes halogenated alkanes) is 11. The van der Waals surface area contributed by atoms with Gasteiger partial charge in [0.2, 0.25) is 0 Å². The van der Waals surface area contributed by atoms with E-state index in [-0.39, 0.29) is 29.4 Å². The second-order valence-corrected chi connectivity index (χ2v) is 4.68. The number of nitrogens with two attached hydrogens (primary N) is 1. The van der Waals surface area contributed by atoms with E-state index in [0.717, 1.165) is 6.54 Å². The van der Waals surface area contributed by atoms with E-state index in [2.05, 4.69) is 6.92 Å². The summed E-state index contributed by atoms with van der Waals surface area (Å²) in [6.07, 6.45) is 16.9. The number of hydrogen-bond donors (Lipinski definition) is 1. The fraction of sp³-hybridized carbons (Fsp3) is 1.00. The van der Waals surface area contributed by atoms with E-state index in [4.69, 9.17) is 5.73 Å². The van der Waals surface area contributed by atoms with Crippen LogP contribution in [0.25, 0.3) is 0 Å². The monoisotopic (exact) mass is 329 g/mol. The van der Waals surface area contributed by atoms with Gasteiger partial charge in [-0.3, -0.25) is 0 Å². The van der Waals surface area contributed by atoms with Crippen molar-refractivity contribution in [2.24, 2.45) is 5.73 Å². The molecule has 0 bridgehead atoms. The third kappa shape index (κ3) is 22.4. The molecular formula is C14H33BrClN. The first-order chi connectivity index (χ1) is 7.41. The quantitative estimate of drug-likeness (QED) is 0.460. The van der Waals surface area contributed by atoms with Crippen molar-refractivity contribution < 1.29 is 0 Å². The Hall–Kier alpha value is 0.730. The Morgan fingerprint density at radius 1 is 0.588 bits per heavy atom. The summed E-state index contributed by atoms with van der Waals surface area (Å²) in [6.45, 7) is 3.15. The van der Waals surface area contributed by atoms with Crippen molar-refractivity contribution in [3.05, 3.63) is 0 Å². The summed E-state index contributed by atoms with van der Waals surface area (Å²) in [5.41, 5.74) is 5.45. The zero-order valence-electron chi connectivity index (χ0n) is 11.6. The molecule has 0 aliphatic carbocycles. The molecule has 0 radical (unpaired) electrons. The zero-order chi connectivity index (χ0) is 11.2. The molecule has 0 heterocycles. The molecule has 17 heavy (non-hydrogen) atoms. The molecule has 3 heteroatoms. The van der Waals surface area contributed by atoms with E-state index < -0.39 is 0 Å². The van der Waals surface area contributed by atoms with Crippen molar-refractivity contribution in [1.29, 1.82) is 0 Å². The van der Waals surface area contributed by atoms with Gasteiger partial charge in [0.15, 0.2) is 0 Å². The molecule has 0 saturated carbocycles. The summed E-state index contributed by atoms with van der Waals surface area (Å²) in [5, 5.41) is 0. The molecule has 0 aromatic rings. The van der Waals surface area contributed by atoms with Crippen molar-refractivity contribution in [2.75, 3.05) is 6.54 Å². The Labute approximate surface area is 125 Å². The first-order valence-corrected chi connectivity index (χ1v) is 7.12. The lowest BCUT2D eigenvalue weighted by molar-refractivity contribution is 0.545. The molecule has 0 aromatic carbocycles. The van der Waals surface area contributed by atoms with E-state index in [1.807, 2.05) is 0 Å². The highest BCUT2D eigenvalue weighted by atomic mass is 79.9. The summed E-state index contributed by atoms with van der Waals surface area (Å²) in [6, 6.07) is 0. The van der Waals surface area contributed by atoms with Gasteiger partial charge in [-0.15, -0.1) is 29.4 Å². The van der Waals surface area contributed by atoms with Crippen LogP contribution in [0, 0.1) is 0 Å². The molecule has 0 atom stereocenters. The minimum Gasteiger partial charge on any atom is -0.330 e. The average Bonchev–Trinajstić information content (AvgIpc) is 2.26. The minimum absolute atomic E-state index is 0. The van der Waals surface area contributed by atoms with Crippen LogP contribution >= 0.6 is 29.4 Å². The summed E-state index contributed by atoms with van der Waals surface area (Å²) >= 11 is 0. The van der Waals surface area contributed by atoms with Gasteiger partial charge in [-0.25, -0.2) is 0 Å². The molecular weight excluding hydrogens is 298 g/mol. The van der Waals surface area contributed by atoms with Crippen LogP contribution < -0.4 is 5.73 Å². The SMILES string of the molecule is Br.CCCCCCCCCCCCCCN.Cl. The molecule has 108 valence electrons. The Morgan fingerprint density at radius 2 is 0.882 bits per heavy atom. The third-order valence-corrected chi connectivity index (χ3v) is 3.06. The molecule has 0 aliphatic rings. The molecule has 2 N–H and O–H groups in total. The molecule has 1 nitrogen and oxygen atoms in total. The summed E-state index contributed by atoms with van der Waals surface area (Å²) in [7, 11) is 0. The second-order valence-electron chi connectivity index (χ2n) is 4.68. The molecule has 0 aromatic heterocycles. The number of halogens is 2.